The molecule has 3 nitrogen and oxygen atoms in total. The van der Waals surface area contributed by atoms with Crippen LogP contribution >= 0.6 is 23.2 Å². The van der Waals surface area contributed by atoms with Crippen molar-refractivity contribution in [2.75, 3.05) is 0 Å². The van der Waals surface area contributed by atoms with Crippen LogP contribution in [0.1, 0.15) is 19.4 Å². The third-order valence-electron chi connectivity index (χ3n) is 2.52. The van der Waals surface area contributed by atoms with Gasteiger partial charge in [0.05, 0.1) is 21.9 Å². The van der Waals surface area contributed by atoms with Crippen LogP contribution in [0.15, 0.2) is 30.6 Å². The van der Waals surface area contributed by atoms with Crippen molar-refractivity contribution in [3.05, 3.63) is 46.2 Å². The normalized spacial score (nSPS) is 11.2. The van der Waals surface area contributed by atoms with Gasteiger partial charge in [-0.1, -0.05) is 43.1 Å². The molecule has 1 aromatic carbocycles. The van der Waals surface area contributed by atoms with Crippen LogP contribution in [0.5, 0.6) is 0 Å². The molecule has 18 heavy (non-hydrogen) atoms. The zero-order chi connectivity index (χ0) is 13.1. The molecule has 0 aliphatic heterocycles. The van der Waals surface area contributed by atoms with Crippen molar-refractivity contribution < 1.29 is 0 Å². The van der Waals surface area contributed by atoms with Gasteiger partial charge >= 0.3 is 0 Å². The van der Waals surface area contributed by atoms with Gasteiger partial charge in [-0.15, -0.1) is 0 Å². The van der Waals surface area contributed by atoms with Gasteiger partial charge in [0.2, 0.25) is 0 Å². The lowest BCUT2D eigenvalue weighted by molar-refractivity contribution is 0.589. The smallest absolute Gasteiger partial charge is 0.0832 e. The van der Waals surface area contributed by atoms with Crippen LogP contribution in [-0.2, 0) is 6.54 Å². The third kappa shape index (κ3) is 3.25. The Morgan fingerprint density at radius 3 is 2.67 bits per heavy atom. The highest BCUT2D eigenvalue weighted by Gasteiger charge is 2.06. The minimum absolute atomic E-state index is 0.452. The molecule has 0 saturated carbocycles. The van der Waals surface area contributed by atoms with E-state index >= 15 is 0 Å². The highest BCUT2D eigenvalue weighted by Crippen LogP contribution is 2.22. The van der Waals surface area contributed by atoms with Crippen molar-refractivity contribution in [3.8, 4) is 5.69 Å². The summed E-state index contributed by atoms with van der Waals surface area (Å²) >= 11 is 12.1. The Labute approximate surface area is 117 Å². The van der Waals surface area contributed by atoms with Crippen molar-refractivity contribution in [1.82, 2.24) is 15.1 Å². The molecule has 0 fully saturated rings. The van der Waals surface area contributed by atoms with Gasteiger partial charge in [0.1, 0.15) is 0 Å². The molecule has 0 aliphatic carbocycles. The van der Waals surface area contributed by atoms with E-state index < -0.39 is 0 Å². The molecule has 2 rings (SSSR count). The van der Waals surface area contributed by atoms with E-state index in [4.69, 9.17) is 23.2 Å². The standard InChI is InChI=1S/C13H15Cl2N3/c1-9(2)16-6-10-3-4-13(12(15)5-10)18-8-11(14)7-17-18/h3-5,7-9,16H,6H2,1-2H3. The van der Waals surface area contributed by atoms with E-state index in [1.165, 1.54) is 0 Å². The minimum atomic E-state index is 0.452. The SMILES string of the molecule is CC(C)NCc1ccc(-n2cc(Cl)cn2)c(Cl)c1. The fraction of sp³-hybridized carbons (Fsp3) is 0.308. The molecular weight excluding hydrogens is 269 g/mol. The molecule has 0 bridgehead atoms. The predicted octanol–water partition coefficient (Wildman–Crippen LogP) is 3.68. The molecule has 0 saturated heterocycles. The number of benzene rings is 1. The topological polar surface area (TPSA) is 29.9 Å². The number of rotatable bonds is 4. The summed E-state index contributed by atoms with van der Waals surface area (Å²) < 4.78 is 1.67. The van der Waals surface area contributed by atoms with Gasteiger partial charge in [0.25, 0.3) is 0 Å². The first-order valence-corrected chi connectivity index (χ1v) is 6.54. The van der Waals surface area contributed by atoms with E-state index in [2.05, 4.69) is 24.3 Å². The summed E-state index contributed by atoms with van der Waals surface area (Å²) in [5, 5.41) is 8.74. The zero-order valence-electron chi connectivity index (χ0n) is 10.3. The molecule has 0 amide bonds. The molecule has 0 aliphatic rings. The van der Waals surface area contributed by atoms with Gasteiger partial charge in [0.15, 0.2) is 0 Å². The van der Waals surface area contributed by atoms with Crippen molar-refractivity contribution in [2.45, 2.75) is 26.4 Å². The summed E-state index contributed by atoms with van der Waals surface area (Å²) in [7, 11) is 0. The van der Waals surface area contributed by atoms with Crippen LogP contribution in [0, 0.1) is 0 Å². The van der Waals surface area contributed by atoms with Gasteiger partial charge in [-0.25, -0.2) is 4.68 Å². The average molecular weight is 284 g/mol. The Morgan fingerprint density at radius 1 is 1.33 bits per heavy atom. The molecule has 96 valence electrons. The quantitative estimate of drug-likeness (QED) is 0.928. The lowest BCUT2D eigenvalue weighted by Gasteiger charge is -2.10. The largest absolute Gasteiger partial charge is 0.310 e. The van der Waals surface area contributed by atoms with E-state index in [1.54, 1.807) is 17.1 Å². The Morgan fingerprint density at radius 2 is 2.11 bits per heavy atom. The number of halogens is 2. The van der Waals surface area contributed by atoms with Crippen molar-refractivity contribution >= 4 is 23.2 Å². The fourth-order valence-electron chi connectivity index (χ4n) is 1.60. The summed E-state index contributed by atoms with van der Waals surface area (Å²) in [6, 6.07) is 6.38. The Hall–Kier alpha value is -1.03. The van der Waals surface area contributed by atoms with Crippen LogP contribution in [-0.4, -0.2) is 15.8 Å². The molecule has 1 aromatic heterocycles. The first-order valence-electron chi connectivity index (χ1n) is 5.78. The monoisotopic (exact) mass is 283 g/mol. The third-order valence-corrected chi connectivity index (χ3v) is 3.02. The number of nitrogens with one attached hydrogen (secondary N) is 1. The minimum Gasteiger partial charge on any atom is -0.310 e. The summed E-state index contributed by atoms with van der Waals surface area (Å²) in [6.45, 7) is 5.03. The maximum atomic E-state index is 6.26. The van der Waals surface area contributed by atoms with Crippen LogP contribution in [0.2, 0.25) is 10.0 Å². The van der Waals surface area contributed by atoms with E-state index in [-0.39, 0.29) is 0 Å². The molecule has 0 unspecified atom stereocenters. The van der Waals surface area contributed by atoms with Crippen molar-refractivity contribution in [1.29, 1.82) is 0 Å². The fourth-order valence-corrected chi connectivity index (χ4v) is 2.03. The molecule has 0 atom stereocenters. The molecule has 2 aromatic rings. The molecule has 5 heteroatoms. The van der Waals surface area contributed by atoms with Gasteiger partial charge in [0, 0.05) is 18.8 Å². The second-order valence-electron chi connectivity index (χ2n) is 4.42. The van der Waals surface area contributed by atoms with Crippen LogP contribution in [0.4, 0.5) is 0 Å². The van der Waals surface area contributed by atoms with Gasteiger partial charge in [-0.05, 0) is 17.7 Å². The lowest BCUT2D eigenvalue weighted by Crippen LogP contribution is -2.21. The molecule has 0 spiro atoms. The first-order chi connectivity index (χ1) is 8.56. The maximum Gasteiger partial charge on any atom is 0.0832 e. The van der Waals surface area contributed by atoms with Crippen molar-refractivity contribution in [2.24, 2.45) is 0 Å². The van der Waals surface area contributed by atoms with Crippen molar-refractivity contribution in [3.63, 3.8) is 0 Å². The van der Waals surface area contributed by atoms with Gasteiger partial charge in [-0.3, -0.25) is 0 Å². The number of nitrogens with zero attached hydrogens (tertiary/aromatic N) is 2. The van der Waals surface area contributed by atoms with Gasteiger partial charge in [-0.2, -0.15) is 5.10 Å². The summed E-state index contributed by atoms with van der Waals surface area (Å²) in [6.07, 6.45) is 3.32. The number of hydrogen-bond acceptors (Lipinski definition) is 2. The Bertz CT molecular complexity index is 535. The number of aromatic nitrogens is 2. The summed E-state index contributed by atoms with van der Waals surface area (Å²) in [4.78, 5) is 0. The van der Waals surface area contributed by atoms with Crippen LogP contribution in [0.25, 0.3) is 5.69 Å². The number of hydrogen-bond donors (Lipinski definition) is 1. The Balaban J connectivity index is 2.20. The molecule has 0 radical (unpaired) electrons. The molecular formula is C13H15Cl2N3. The average Bonchev–Trinajstić information content (AvgIpc) is 2.73. The van der Waals surface area contributed by atoms with E-state index in [0.717, 1.165) is 17.8 Å². The molecule has 1 heterocycles. The summed E-state index contributed by atoms with van der Waals surface area (Å²) in [5.74, 6) is 0. The first kappa shape index (κ1) is 13.4. The zero-order valence-corrected chi connectivity index (χ0v) is 11.8. The van der Waals surface area contributed by atoms with Crippen LogP contribution in [0.3, 0.4) is 0 Å². The van der Waals surface area contributed by atoms with Crippen LogP contribution < -0.4 is 5.32 Å². The van der Waals surface area contributed by atoms with E-state index in [0.29, 0.717) is 16.1 Å². The lowest BCUT2D eigenvalue weighted by atomic mass is 10.2. The van der Waals surface area contributed by atoms with E-state index in [9.17, 15) is 0 Å². The highest BCUT2D eigenvalue weighted by atomic mass is 35.5. The highest BCUT2D eigenvalue weighted by molar-refractivity contribution is 6.32. The van der Waals surface area contributed by atoms with Gasteiger partial charge < -0.3 is 5.32 Å². The second-order valence-corrected chi connectivity index (χ2v) is 5.27. The summed E-state index contributed by atoms with van der Waals surface area (Å²) in [5.41, 5.74) is 1.98. The molecule has 1 N–H and O–H groups in total. The predicted molar refractivity (Wildman–Crippen MR) is 75.6 cm³/mol. The second kappa shape index (κ2) is 5.74. The Kier molecular flexibility index (Phi) is 4.27. The van der Waals surface area contributed by atoms with E-state index in [1.807, 2.05) is 18.2 Å². The maximum absolute atomic E-state index is 6.26.